The van der Waals surface area contributed by atoms with Crippen LogP contribution in [-0.2, 0) is 90.2 Å². The van der Waals surface area contributed by atoms with E-state index in [0.29, 0.717) is 12.8 Å². The predicted octanol–water partition coefficient (Wildman–Crippen LogP) is -1.60. The highest BCUT2D eigenvalue weighted by Gasteiger charge is 2.62. The van der Waals surface area contributed by atoms with Gasteiger partial charge in [0.1, 0.15) is 183 Å². The van der Waals surface area contributed by atoms with Gasteiger partial charge in [0.25, 0.3) is 0 Å². The fourth-order valence-corrected chi connectivity index (χ4v) is 19.4. The van der Waals surface area contributed by atoms with Crippen molar-refractivity contribution in [2.75, 3.05) is 46.2 Å². The maximum Gasteiger partial charge on any atom is 0.220 e. The van der Waals surface area contributed by atoms with Gasteiger partial charge in [-0.1, -0.05) is 231 Å². The topological polar surface area (TPSA) is 680 Å². The molecule has 0 aromatic rings. The van der Waals surface area contributed by atoms with Gasteiger partial charge in [0.15, 0.2) is 50.3 Å². The largest absolute Gasteiger partial charge is 0.394 e. The van der Waals surface area contributed by atoms with Gasteiger partial charge in [-0.05, 0) is 33.1 Å². The van der Waals surface area contributed by atoms with Gasteiger partial charge in [0.2, 0.25) is 17.7 Å². The van der Waals surface area contributed by atoms with Crippen molar-refractivity contribution in [3.8, 4) is 0 Å². The summed E-state index contributed by atoms with van der Waals surface area (Å²) in [5, 5.41) is 258. The maximum absolute atomic E-state index is 13.8. The van der Waals surface area contributed by atoms with Gasteiger partial charge in [-0.3, -0.25) is 14.4 Å². The Morgan fingerprint density at radius 3 is 0.929 bits per heavy atom. The Morgan fingerprint density at radius 1 is 0.293 bits per heavy atom. The Balaban J connectivity index is 0.972. The third-order valence-electron chi connectivity index (χ3n) is 27.9. The molecular formula is C96H173N3O41. The van der Waals surface area contributed by atoms with Crippen molar-refractivity contribution in [1.29, 1.82) is 0 Å². The highest BCUT2D eigenvalue weighted by atomic mass is 16.8. The molecule has 8 fully saturated rings. The Labute approximate surface area is 821 Å². The first-order valence-corrected chi connectivity index (χ1v) is 51.7. The first-order chi connectivity index (χ1) is 67.2. The molecule has 8 heterocycles. The number of hydrogen-bond acceptors (Lipinski definition) is 41. The summed E-state index contributed by atoms with van der Waals surface area (Å²) in [7, 11) is 0. The zero-order valence-corrected chi connectivity index (χ0v) is 82.4. The second-order valence-corrected chi connectivity index (χ2v) is 39.1. The molecule has 8 aliphatic rings. The minimum absolute atomic E-state index is 0.139. The van der Waals surface area contributed by atoms with E-state index in [1.807, 2.05) is 6.08 Å². The van der Waals surface area contributed by atoms with Crippen LogP contribution in [0.4, 0.5) is 0 Å². The van der Waals surface area contributed by atoms with E-state index in [1.54, 1.807) is 6.08 Å². The zero-order valence-electron chi connectivity index (χ0n) is 82.4. The van der Waals surface area contributed by atoms with Crippen molar-refractivity contribution < 1.29 is 203 Å². The summed E-state index contributed by atoms with van der Waals surface area (Å²) < 4.78 is 98.0. The summed E-state index contributed by atoms with van der Waals surface area (Å²) in [5.41, 5.74) is 0. The lowest BCUT2D eigenvalue weighted by molar-refractivity contribution is -0.399. The number of unbranched alkanes of at least 4 members (excludes halogenated alkanes) is 33. The van der Waals surface area contributed by atoms with E-state index in [1.165, 1.54) is 168 Å². The van der Waals surface area contributed by atoms with Gasteiger partial charge in [-0.25, -0.2) is 0 Å². The van der Waals surface area contributed by atoms with E-state index < -0.39 is 316 Å². The number of rotatable bonds is 64. The van der Waals surface area contributed by atoms with Crippen molar-refractivity contribution in [3.05, 3.63) is 12.2 Å². The smallest absolute Gasteiger partial charge is 0.220 e. The molecule has 16 unspecified atom stereocenters. The fourth-order valence-electron chi connectivity index (χ4n) is 19.4. The zero-order chi connectivity index (χ0) is 102. The second kappa shape index (κ2) is 64.2. The second-order valence-electron chi connectivity index (χ2n) is 39.1. The molecule has 8 aliphatic heterocycles. The highest BCUT2D eigenvalue weighted by molar-refractivity contribution is 5.76. The highest BCUT2D eigenvalue weighted by Crippen LogP contribution is 2.42. The van der Waals surface area contributed by atoms with Gasteiger partial charge in [0, 0.05) is 20.3 Å². The van der Waals surface area contributed by atoms with Gasteiger partial charge < -0.3 is 204 Å². The van der Waals surface area contributed by atoms with Crippen LogP contribution in [0.3, 0.4) is 0 Å². The van der Waals surface area contributed by atoms with E-state index in [2.05, 4.69) is 29.8 Å². The fraction of sp³-hybridized carbons (Fsp3) is 0.948. The van der Waals surface area contributed by atoms with Gasteiger partial charge >= 0.3 is 0 Å². The molecule has 0 aromatic heterocycles. The first-order valence-electron chi connectivity index (χ1n) is 51.7. The molecular weight excluding hydrogens is 1850 g/mol. The molecule has 44 heteroatoms. The number of hydrogen-bond donors (Lipinski definition) is 25. The average Bonchev–Trinajstić information content (AvgIpc) is 0.755. The molecule has 25 N–H and O–H groups in total. The molecule has 0 spiro atoms. The molecule has 0 aromatic carbocycles. The molecule has 0 bridgehead atoms. The third-order valence-corrected chi connectivity index (χ3v) is 27.9. The van der Waals surface area contributed by atoms with Crippen molar-refractivity contribution in [2.24, 2.45) is 0 Å². The summed E-state index contributed by atoms with van der Waals surface area (Å²) in [5.74, 6) is -2.32. The summed E-state index contributed by atoms with van der Waals surface area (Å²) in [6, 6.07) is -5.14. The van der Waals surface area contributed by atoms with Crippen LogP contribution in [0.5, 0.6) is 0 Å². The number of amides is 3. The van der Waals surface area contributed by atoms with E-state index in [4.69, 9.17) is 75.8 Å². The number of carbonyl (C=O) groups excluding carboxylic acids is 3. The normalized spacial score (nSPS) is 38.8. The van der Waals surface area contributed by atoms with E-state index in [-0.39, 0.29) is 12.3 Å². The van der Waals surface area contributed by atoms with Crippen LogP contribution in [-0.4, -0.2) is 434 Å². The standard InChI is InChI=1S/C96H173N3O41/c1-7-9-11-13-15-17-19-21-22-23-24-25-26-27-28-29-30-32-34-36-38-40-42-44-64(109)99-56(57(108)43-41-39-37-35-33-31-20-18-16-14-12-10-8-2)51-125-91-79(122)75(118)82(61(48-103)133-91)134-95-80(123)87(70(113)59(46-101)129-95)139-90-66(98-55(6)107)86(83(62(49-104)131-90)135-92-76(119)72(115)67(110)52(3)126-92)138-96-81(124)88(71(114)60(47-102)130-96)140-89-65(97-54(5)106)85(137-93-77(120)73(116)68(111)53(4)127-93)84(63(50-105)132-89)136-94-78(121)74(117)69(112)58(45-100)128-94/h41,43,52-53,56-63,65-96,100-105,108,110-124H,7-40,42,44-51H2,1-6H3,(H,97,106)(H,98,107)(H,99,109)/b43-41+/t52?,53?,56-,57+,58?,59?,60?,61?,62?,63?,65?,66?,67+,68+,69-,70-,71-,72?,73?,74-,75+,76-,77-,78?,79?,80?,81?,82+,83+,84+,85+,86+,87-,88-,89-,90-,91+,92+,93+,94-,95-,96-/m0/s1. The Hall–Kier alpha value is -3.37. The number of carbonyl (C=O) groups is 3. The molecule has 8 saturated heterocycles. The molecule has 0 saturated carbocycles. The Kier molecular flexibility index (Phi) is 55.9. The maximum atomic E-state index is 13.8. The molecule has 8 rings (SSSR count). The molecule has 42 atom stereocenters. The van der Waals surface area contributed by atoms with Crippen LogP contribution in [0.1, 0.15) is 273 Å². The molecule has 3 amide bonds. The first kappa shape index (κ1) is 122. The van der Waals surface area contributed by atoms with Crippen molar-refractivity contribution in [3.63, 3.8) is 0 Å². The lowest BCUT2D eigenvalue weighted by atomic mass is 9.93. The van der Waals surface area contributed by atoms with Crippen LogP contribution in [0.25, 0.3) is 0 Å². The molecule has 0 aliphatic carbocycles. The third kappa shape index (κ3) is 36.2. The SMILES string of the molecule is CCCCCCCCCCCCC/C=C/[C@@H](O)[C@H](CO[C@@H]1OC(CO)[C@@H](O[C@@H]2OC(CO)[C@H](O)[C@H](O[C@@H]3OC(CO)[C@@H](O[C@H]4OC(C)[C@@H](O)C(O)[C@@H]4O)[C@H](O[C@@H]4OC(CO)[C@H](O)[C@H](O[C@@H]5OC(CO)[C@@H](O[C@@H]6OC(CO)[C@H](O)[C@H](O)C6O)[C@H](O[C@H]6OC(C)[C@@H](O)C(O)[C@@H]6O)C5NC(C)=O)C4O)C3NC(C)=O)C2O)[C@H](O)C1O)NC(=O)CCCCCCCCCCCCCCCCCCCCCCCCC. The van der Waals surface area contributed by atoms with Crippen molar-refractivity contribution >= 4 is 17.7 Å². The minimum Gasteiger partial charge on any atom is -0.394 e. The molecule has 140 heavy (non-hydrogen) atoms. The quantitative estimate of drug-likeness (QED) is 0.0241. The molecule has 0 radical (unpaired) electrons. The lowest BCUT2D eigenvalue weighted by Crippen LogP contribution is -2.72. The van der Waals surface area contributed by atoms with Gasteiger partial charge in [0.05, 0.1) is 70.6 Å². The molecule has 44 nitrogen and oxygen atoms in total. The van der Waals surface area contributed by atoms with Crippen molar-refractivity contribution in [2.45, 2.75) is 530 Å². The Morgan fingerprint density at radius 2 is 0.571 bits per heavy atom. The lowest BCUT2D eigenvalue weighted by Gasteiger charge is -2.52. The van der Waals surface area contributed by atoms with Gasteiger partial charge in [-0.2, -0.15) is 0 Å². The van der Waals surface area contributed by atoms with Crippen LogP contribution < -0.4 is 16.0 Å². The summed E-state index contributed by atoms with van der Waals surface area (Å²) in [6.45, 7) is 1.79. The van der Waals surface area contributed by atoms with E-state index in [0.717, 1.165) is 71.6 Å². The van der Waals surface area contributed by atoms with Crippen LogP contribution in [0, 0.1) is 0 Å². The predicted molar refractivity (Wildman–Crippen MR) is 493 cm³/mol. The summed E-state index contributed by atoms with van der Waals surface area (Å²) in [6.07, 6.45) is -33.0. The number of ether oxygens (including phenoxy) is 16. The number of nitrogens with one attached hydrogen (secondary N) is 3. The average molecular weight is 2030 g/mol. The summed E-state index contributed by atoms with van der Waals surface area (Å²) >= 11 is 0. The summed E-state index contributed by atoms with van der Waals surface area (Å²) in [4.78, 5) is 41.0. The minimum atomic E-state index is -2.50. The number of aliphatic hydroxyl groups is 22. The van der Waals surface area contributed by atoms with Crippen LogP contribution in [0.15, 0.2) is 12.2 Å². The number of allylic oxidation sites excluding steroid dienone is 1. The van der Waals surface area contributed by atoms with Crippen LogP contribution in [0.2, 0.25) is 0 Å². The monoisotopic (exact) mass is 2020 g/mol. The van der Waals surface area contributed by atoms with Crippen LogP contribution >= 0.6 is 0 Å². The number of aliphatic hydroxyl groups excluding tert-OH is 22. The van der Waals surface area contributed by atoms with Gasteiger partial charge in [-0.15, -0.1) is 0 Å². The van der Waals surface area contributed by atoms with Crippen molar-refractivity contribution in [1.82, 2.24) is 16.0 Å². The van der Waals surface area contributed by atoms with E-state index in [9.17, 15) is 127 Å². The molecule has 818 valence electrons. The van der Waals surface area contributed by atoms with E-state index >= 15 is 0 Å². The Bertz CT molecular complexity index is 3380.